The van der Waals surface area contributed by atoms with Crippen molar-refractivity contribution in [1.29, 1.82) is 0 Å². The zero-order chi connectivity index (χ0) is 30.1. The van der Waals surface area contributed by atoms with Crippen LogP contribution in [-0.2, 0) is 11.2 Å². The van der Waals surface area contributed by atoms with Crippen molar-refractivity contribution in [3.63, 3.8) is 0 Å². The van der Waals surface area contributed by atoms with Gasteiger partial charge in [0.2, 0.25) is 0 Å². The Bertz CT molecular complexity index is 1310. The fourth-order valence-electron chi connectivity index (χ4n) is 5.11. The lowest BCUT2D eigenvalue weighted by molar-refractivity contribution is 0.0146. The van der Waals surface area contributed by atoms with Crippen molar-refractivity contribution in [1.82, 2.24) is 9.88 Å². The van der Waals surface area contributed by atoms with Crippen LogP contribution in [-0.4, -0.2) is 57.0 Å². The first-order valence-corrected chi connectivity index (χ1v) is 14.8. The zero-order valence-corrected chi connectivity index (χ0v) is 24.8. The molecule has 8 nitrogen and oxygen atoms in total. The molecule has 1 saturated carbocycles. The minimum atomic E-state index is -0.997. The molecule has 1 heterocycles. The van der Waals surface area contributed by atoms with Gasteiger partial charge in [-0.1, -0.05) is 49.2 Å². The summed E-state index contributed by atoms with van der Waals surface area (Å²) >= 11 is 0. The number of carboxylic acid groups (broad SMARTS) is 1. The summed E-state index contributed by atoms with van der Waals surface area (Å²) < 4.78 is 11.9. The molecule has 8 heteroatoms. The Balaban J connectivity index is 1.46. The summed E-state index contributed by atoms with van der Waals surface area (Å²) in [6, 6.07) is 16.7. The van der Waals surface area contributed by atoms with Gasteiger partial charge < -0.3 is 24.6 Å². The molecule has 2 aromatic carbocycles. The van der Waals surface area contributed by atoms with Gasteiger partial charge in [0.25, 0.3) is 0 Å². The van der Waals surface area contributed by atoms with Crippen molar-refractivity contribution in [2.24, 2.45) is 0 Å². The van der Waals surface area contributed by atoms with E-state index in [9.17, 15) is 19.8 Å². The number of carboxylic acids is 1. The third-order valence-electron chi connectivity index (χ3n) is 7.38. The van der Waals surface area contributed by atoms with E-state index >= 15 is 0 Å². The lowest BCUT2D eigenvalue weighted by Gasteiger charge is -2.29. The molecule has 0 aliphatic heterocycles. The molecule has 224 valence electrons. The third-order valence-corrected chi connectivity index (χ3v) is 7.38. The highest BCUT2D eigenvalue weighted by Crippen LogP contribution is 2.31. The number of aliphatic hydroxyl groups is 1. The van der Waals surface area contributed by atoms with Gasteiger partial charge in [-0.3, -0.25) is 4.98 Å². The normalized spacial score (nSPS) is 15.0. The minimum Gasteiger partial charge on any atom is -0.490 e. The summed E-state index contributed by atoms with van der Waals surface area (Å²) in [5.74, 6) is -0.583. The van der Waals surface area contributed by atoms with Gasteiger partial charge in [0, 0.05) is 24.5 Å². The van der Waals surface area contributed by atoms with Crippen molar-refractivity contribution < 1.29 is 29.3 Å². The second kappa shape index (κ2) is 14.3. The molecule has 0 radical (unpaired) electrons. The lowest BCUT2D eigenvalue weighted by atomic mass is 10.0. The highest BCUT2D eigenvalue weighted by molar-refractivity contribution is 5.92. The molecule has 0 bridgehead atoms. The first kappa shape index (κ1) is 31.0. The van der Waals surface area contributed by atoms with Crippen molar-refractivity contribution in [3.8, 4) is 16.9 Å². The SMILES string of the molecule is CC(C)(C)OC(=O)N(CCc1ccc(-c2ccc(C(=O)O)c(OC3CCCCCC3)c2)cc1)C[C@@H](O)c1cccnc1. The smallest absolute Gasteiger partial charge is 0.410 e. The van der Waals surface area contributed by atoms with Gasteiger partial charge in [0.1, 0.15) is 16.9 Å². The topological polar surface area (TPSA) is 109 Å². The summed E-state index contributed by atoms with van der Waals surface area (Å²) in [5, 5.41) is 20.5. The largest absolute Gasteiger partial charge is 0.490 e. The standard InChI is InChI=1S/C34H42N2O6/c1-34(2,3)42-33(40)36(23-30(37)27-9-8-19-35-22-27)20-18-24-12-14-25(15-13-24)26-16-17-29(32(38)39)31(21-26)41-28-10-6-4-5-7-11-28/h8-9,12-17,19,21-22,28,30,37H,4-7,10-11,18,20,23H2,1-3H3,(H,38,39)/t30-/m1/s1. The molecular formula is C34H42N2O6. The molecule has 1 aliphatic carbocycles. The van der Waals surface area contributed by atoms with Crippen LogP contribution in [0.3, 0.4) is 0 Å². The second-order valence-electron chi connectivity index (χ2n) is 11.9. The third kappa shape index (κ3) is 9.05. The molecule has 0 unspecified atom stereocenters. The van der Waals surface area contributed by atoms with E-state index < -0.39 is 23.8 Å². The quantitative estimate of drug-likeness (QED) is 0.250. The van der Waals surface area contributed by atoms with Gasteiger partial charge in [0.15, 0.2) is 0 Å². The Morgan fingerprint density at radius 1 is 1.00 bits per heavy atom. The number of hydrogen-bond donors (Lipinski definition) is 2. The van der Waals surface area contributed by atoms with E-state index in [0.29, 0.717) is 24.3 Å². The number of aliphatic hydroxyl groups excluding tert-OH is 1. The van der Waals surface area contributed by atoms with Crippen molar-refractivity contribution in [2.45, 2.75) is 83.5 Å². The maximum absolute atomic E-state index is 13.0. The van der Waals surface area contributed by atoms with Crippen LogP contribution in [0.5, 0.6) is 5.75 Å². The van der Waals surface area contributed by atoms with Crippen LogP contribution in [0.2, 0.25) is 0 Å². The average Bonchev–Trinajstić information content (AvgIpc) is 3.23. The van der Waals surface area contributed by atoms with Gasteiger partial charge in [-0.25, -0.2) is 9.59 Å². The molecule has 0 saturated heterocycles. The number of benzene rings is 2. The maximum Gasteiger partial charge on any atom is 0.410 e. The summed E-state index contributed by atoms with van der Waals surface area (Å²) in [7, 11) is 0. The predicted octanol–water partition coefficient (Wildman–Crippen LogP) is 7.06. The van der Waals surface area contributed by atoms with Gasteiger partial charge in [0.05, 0.1) is 18.8 Å². The van der Waals surface area contributed by atoms with E-state index in [-0.39, 0.29) is 18.2 Å². The first-order valence-electron chi connectivity index (χ1n) is 14.8. The van der Waals surface area contributed by atoms with E-state index in [4.69, 9.17) is 9.47 Å². The predicted molar refractivity (Wildman–Crippen MR) is 162 cm³/mol. The number of carbonyl (C=O) groups excluding carboxylic acids is 1. The van der Waals surface area contributed by atoms with Crippen LogP contribution in [0.4, 0.5) is 4.79 Å². The number of pyridine rings is 1. The number of carbonyl (C=O) groups is 2. The van der Waals surface area contributed by atoms with E-state index in [0.717, 1.165) is 42.4 Å². The molecule has 4 rings (SSSR count). The number of hydrogen-bond acceptors (Lipinski definition) is 6. The van der Waals surface area contributed by atoms with Crippen molar-refractivity contribution >= 4 is 12.1 Å². The number of amides is 1. The van der Waals surface area contributed by atoms with Crippen molar-refractivity contribution in [3.05, 3.63) is 83.7 Å². The Morgan fingerprint density at radius 3 is 2.31 bits per heavy atom. The molecule has 0 spiro atoms. The van der Waals surface area contributed by atoms with Gasteiger partial charge in [-0.2, -0.15) is 0 Å². The first-order chi connectivity index (χ1) is 20.1. The molecule has 2 N–H and O–H groups in total. The average molecular weight is 575 g/mol. The fourth-order valence-corrected chi connectivity index (χ4v) is 5.11. The van der Waals surface area contributed by atoms with Gasteiger partial charge in [-0.15, -0.1) is 0 Å². The molecule has 3 aromatic rings. The summed E-state index contributed by atoms with van der Waals surface area (Å²) in [6.07, 6.45) is 8.92. The Hall–Kier alpha value is -3.91. The fraction of sp³-hybridized carbons (Fsp3) is 0.441. The monoisotopic (exact) mass is 574 g/mol. The van der Waals surface area contributed by atoms with Crippen LogP contribution in [0.25, 0.3) is 11.1 Å². The number of ether oxygens (including phenoxy) is 2. The molecule has 1 atom stereocenters. The number of aromatic nitrogens is 1. The van der Waals surface area contributed by atoms with E-state index in [2.05, 4.69) is 4.98 Å². The van der Waals surface area contributed by atoms with E-state index in [1.165, 1.54) is 17.7 Å². The lowest BCUT2D eigenvalue weighted by Crippen LogP contribution is -2.40. The molecule has 42 heavy (non-hydrogen) atoms. The number of rotatable bonds is 10. The number of aromatic carboxylic acids is 1. The maximum atomic E-state index is 13.0. The highest BCUT2D eigenvalue weighted by atomic mass is 16.6. The second-order valence-corrected chi connectivity index (χ2v) is 11.9. The van der Waals surface area contributed by atoms with Gasteiger partial charge in [-0.05, 0) is 87.8 Å². The highest BCUT2D eigenvalue weighted by Gasteiger charge is 2.25. The Kier molecular flexibility index (Phi) is 10.6. The van der Waals surface area contributed by atoms with Crippen LogP contribution < -0.4 is 4.74 Å². The van der Waals surface area contributed by atoms with Crippen LogP contribution in [0, 0.1) is 0 Å². The molecule has 1 amide bonds. The summed E-state index contributed by atoms with van der Waals surface area (Å²) in [5.41, 5.74) is 2.98. The zero-order valence-electron chi connectivity index (χ0n) is 24.8. The van der Waals surface area contributed by atoms with E-state index in [1.807, 2.05) is 57.2 Å². The van der Waals surface area contributed by atoms with Crippen LogP contribution in [0.1, 0.15) is 86.9 Å². The van der Waals surface area contributed by atoms with Crippen LogP contribution >= 0.6 is 0 Å². The summed E-state index contributed by atoms with van der Waals surface area (Å²) in [6.45, 7) is 5.89. The molecule has 1 aliphatic rings. The molecular weight excluding hydrogens is 532 g/mol. The van der Waals surface area contributed by atoms with Crippen LogP contribution in [0.15, 0.2) is 67.0 Å². The van der Waals surface area contributed by atoms with Gasteiger partial charge >= 0.3 is 12.1 Å². The Labute approximate surface area is 248 Å². The summed E-state index contributed by atoms with van der Waals surface area (Å²) in [4.78, 5) is 30.5. The van der Waals surface area contributed by atoms with Crippen molar-refractivity contribution in [2.75, 3.05) is 13.1 Å². The minimum absolute atomic E-state index is 0.0350. The van der Waals surface area contributed by atoms with E-state index in [1.54, 1.807) is 30.6 Å². The Morgan fingerprint density at radius 2 is 1.69 bits per heavy atom. The molecule has 1 fully saturated rings. The number of nitrogens with zero attached hydrogens (tertiary/aromatic N) is 2. The molecule has 1 aromatic heterocycles.